The van der Waals surface area contributed by atoms with Crippen molar-refractivity contribution >= 4 is 20.9 Å². The molecule has 0 radical (unpaired) electrons. The smallest absolute Gasteiger partial charge is 0.253 e. The van der Waals surface area contributed by atoms with Crippen molar-refractivity contribution in [3.05, 3.63) is 46.2 Å². The van der Waals surface area contributed by atoms with Crippen LogP contribution in [0, 0.1) is 6.92 Å². The van der Waals surface area contributed by atoms with Crippen LogP contribution in [-0.2, 0) is 16.6 Å². The first kappa shape index (κ1) is 13.8. The van der Waals surface area contributed by atoms with Gasteiger partial charge in [0.15, 0.2) is 0 Å². The zero-order chi connectivity index (χ0) is 14.0. The van der Waals surface area contributed by atoms with Crippen LogP contribution in [0.5, 0.6) is 0 Å². The van der Waals surface area contributed by atoms with Crippen LogP contribution in [0.25, 0.3) is 10.9 Å². The molecule has 19 heavy (non-hydrogen) atoms. The second-order valence-electron chi connectivity index (χ2n) is 4.51. The second kappa shape index (κ2) is 5.14. The Kier molecular flexibility index (Phi) is 3.73. The summed E-state index contributed by atoms with van der Waals surface area (Å²) >= 11 is 0. The third kappa shape index (κ3) is 3.21. The number of fused-ring (bicyclic) bond motifs is 1. The summed E-state index contributed by atoms with van der Waals surface area (Å²) < 4.78 is 26.1. The van der Waals surface area contributed by atoms with Gasteiger partial charge in [-0.05, 0) is 24.4 Å². The van der Waals surface area contributed by atoms with Gasteiger partial charge >= 0.3 is 0 Å². The Morgan fingerprint density at radius 2 is 1.95 bits per heavy atom. The predicted octanol–water partition coefficient (Wildman–Crippen LogP) is 0.859. The molecule has 1 N–H and O–H groups in total. The third-order valence-electron chi connectivity index (χ3n) is 2.88. The topological polar surface area (TPSA) is 68.2 Å². The highest BCUT2D eigenvalue weighted by molar-refractivity contribution is 7.88. The number of pyridine rings is 1. The summed E-state index contributed by atoms with van der Waals surface area (Å²) in [5, 5.41) is 0.971. The molecule has 0 bridgehead atoms. The van der Waals surface area contributed by atoms with Gasteiger partial charge in [0, 0.05) is 18.7 Å². The molecule has 1 heterocycles. The molecule has 5 nitrogen and oxygen atoms in total. The van der Waals surface area contributed by atoms with E-state index in [4.69, 9.17) is 0 Å². The molecule has 0 aliphatic carbocycles. The lowest BCUT2D eigenvalue weighted by molar-refractivity contribution is 0.578. The van der Waals surface area contributed by atoms with Crippen LogP contribution < -0.4 is 10.3 Å². The number of para-hydroxylation sites is 1. The summed E-state index contributed by atoms with van der Waals surface area (Å²) in [4.78, 5) is 12.1. The molecule has 0 fully saturated rings. The number of sulfonamides is 1. The first-order chi connectivity index (χ1) is 8.88. The van der Waals surface area contributed by atoms with Crippen LogP contribution in [0.15, 0.2) is 35.1 Å². The first-order valence-electron chi connectivity index (χ1n) is 5.92. The molecule has 6 heteroatoms. The standard InChI is InChI=1S/C13H16N2O3S/c1-10-9-11-5-3-4-6-12(11)15(13(10)16)8-7-14-19(2,17)18/h3-6,9,14H,7-8H2,1-2H3. The van der Waals surface area contributed by atoms with Crippen molar-refractivity contribution in [3.8, 4) is 0 Å². The molecule has 0 aliphatic rings. The van der Waals surface area contributed by atoms with Crippen molar-refractivity contribution < 1.29 is 8.42 Å². The molecule has 0 unspecified atom stereocenters. The average molecular weight is 280 g/mol. The van der Waals surface area contributed by atoms with Gasteiger partial charge in [0.1, 0.15) is 0 Å². The van der Waals surface area contributed by atoms with Crippen molar-refractivity contribution in [1.82, 2.24) is 9.29 Å². The first-order valence-corrected chi connectivity index (χ1v) is 7.81. The Labute approximate surface area is 111 Å². The molecule has 0 aliphatic heterocycles. The summed E-state index contributed by atoms with van der Waals surface area (Å²) in [6, 6.07) is 9.40. The minimum Gasteiger partial charge on any atom is -0.307 e. The van der Waals surface area contributed by atoms with Crippen molar-refractivity contribution in [2.45, 2.75) is 13.5 Å². The summed E-state index contributed by atoms with van der Waals surface area (Å²) in [7, 11) is -3.24. The number of hydrogen-bond donors (Lipinski definition) is 1. The van der Waals surface area contributed by atoms with E-state index in [1.807, 2.05) is 30.3 Å². The van der Waals surface area contributed by atoms with E-state index in [-0.39, 0.29) is 12.1 Å². The van der Waals surface area contributed by atoms with Gasteiger partial charge in [0.2, 0.25) is 10.0 Å². The number of aromatic nitrogens is 1. The van der Waals surface area contributed by atoms with E-state index in [1.165, 1.54) is 0 Å². The van der Waals surface area contributed by atoms with Gasteiger partial charge in [-0.15, -0.1) is 0 Å². The molecule has 0 saturated carbocycles. The van der Waals surface area contributed by atoms with Crippen molar-refractivity contribution in [2.24, 2.45) is 0 Å². The van der Waals surface area contributed by atoms with Crippen molar-refractivity contribution in [2.75, 3.05) is 12.8 Å². The molecule has 2 aromatic rings. The molecule has 102 valence electrons. The summed E-state index contributed by atoms with van der Waals surface area (Å²) in [5.74, 6) is 0. The number of rotatable bonds is 4. The third-order valence-corrected chi connectivity index (χ3v) is 3.61. The largest absolute Gasteiger partial charge is 0.307 e. The van der Waals surface area contributed by atoms with E-state index in [0.29, 0.717) is 12.1 Å². The molecule has 0 amide bonds. The summed E-state index contributed by atoms with van der Waals surface area (Å²) in [6.07, 6.45) is 1.10. The zero-order valence-electron chi connectivity index (χ0n) is 10.9. The summed E-state index contributed by atoms with van der Waals surface area (Å²) in [5.41, 5.74) is 1.38. The van der Waals surface area contributed by atoms with E-state index >= 15 is 0 Å². The number of nitrogens with one attached hydrogen (secondary N) is 1. The molecule has 1 aromatic heterocycles. The van der Waals surface area contributed by atoms with E-state index in [9.17, 15) is 13.2 Å². The second-order valence-corrected chi connectivity index (χ2v) is 6.34. The fraction of sp³-hybridized carbons (Fsp3) is 0.308. The maximum Gasteiger partial charge on any atom is 0.253 e. The van der Waals surface area contributed by atoms with Crippen molar-refractivity contribution in [1.29, 1.82) is 0 Å². The molecule has 0 saturated heterocycles. The molecule has 2 rings (SSSR count). The number of nitrogens with zero attached hydrogens (tertiary/aromatic N) is 1. The van der Waals surface area contributed by atoms with E-state index in [0.717, 1.165) is 17.2 Å². The average Bonchev–Trinajstić information content (AvgIpc) is 2.32. The fourth-order valence-corrected chi connectivity index (χ4v) is 2.50. The lowest BCUT2D eigenvalue weighted by Crippen LogP contribution is -2.31. The van der Waals surface area contributed by atoms with E-state index in [2.05, 4.69) is 4.72 Å². The van der Waals surface area contributed by atoms with E-state index in [1.54, 1.807) is 11.5 Å². The highest BCUT2D eigenvalue weighted by Gasteiger charge is 2.07. The lowest BCUT2D eigenvalue weighted by Gasteiger charge is -2.11. The minimum absolute atomic E-state index is 0.0889. The Balaban J connectivity index is 2.41. The normalized spacial score (nSPS) is 11.9. The van der Waals surface area contributed by atoms with Crippen LogP contribution in [-0.4, -0.2) is 25.8 Å². The zero-order valence-corrected chi connectivity index (χ0v) is 11.7. The van der Waals surface area contributed by atoms with Crippen molar-refractivity contribution in [3.63, 3.8) is 0 Å². The van der Waals surface area contributed by atoms with Crippen LogP contribution >= 0.6 is 0 Å². The fourth-order valence-electron chi connectivity index (χ4n) is 2.04. The van der Waals surface area contributed by atoms with Gasteiger partial charge in [-0.1, -0.05) is 18.2 Å². The lowest BCUT2D eigenvalue weighted by atomic mass is 10.1. The Bertz CT molecular complexity index is 763. The Morgan fingerprint density at radius 3 is 2.63 bits per heavy atom. The SMILES string of the molecule is Cc1cc2ccccc2n(CCNS(C)(=O)=O)c1=O. The molecule has 0 atom stereocenters. The highest BCUT2D eigenvalue weighted by Crippen LogP contribution is 2.12. The maximum absolute atomic E-state index is 12.1. The maximum atomic E-state index is 12.1. The highest BCUT2D eigenvalue weighted by atomic mass is 32.2. The van der Waals surface area contributed by atoms with Gasteiger partial charge < -0.3 is 4.57 Å². The van der Waals surface area contributed by atoms with Crippen LogP contribution in [0.3, 0.4) is 0 Å². The predicted molar refractivity (Wildman–Crippen MR) is 75.8 cm³/mol. The van der Waals surface area contributed by atoms with Gasteiger partial charge in [0.25, 0.3) is 5.56 Å². The number of aryl methyl sites for hydroxylation is 1. The molecular weight excluding hydrogens is 264 g/mol. The number of hydrogen-bond acceptors (Lipinski definition) is 3. The van der Waals surface area contributed by atoms with Crippen LogP contribution in [0.4, 0.5) is 0 Å². The Morgan fingerprint density at radius 1 is 1.26 bits per heavy atom. The summed E-state index contributed by atoms with van der Waals surface area (Å²) in [6.45, 7) is 2.27. The number of benzene rings is 1. The van der Waals surface area contributed by atoms with Gasteiger partial charge in [-0.2, -0.15) is 0 Å². The van der Waals surface area contributed by atoms with E-state index < -0.39 is 10.0 Å². The molecule has 0 spiro atoms. The minimum atomic E-state index is -3.24. The van der Waals surface area contributed by atoms with Gasteiger partial charge in [-0.25, -0.2) is 13.1 Å². The monoisotopic (exact) mass is 280 g/mol. The van der Waals surface area contributed by atoms with Gasteiger partial charge in [-0.3, -0.25) is 4.79 Å². The molecular formula is C13H16N2O3S. The van der Waals surface area contributed by atoms with Crippen LogP contribution in [0.2, 0.25) is 0 Å². The quantitative estimate of drug-likeness (QED) is 0.903. The van der Waals surface area contributed by atoms with Crippen LogP contribution in [0.1, 0.15) is 5.56 Å². The Hall–Kier alpha value is -1.66. The molecule has 1 aromatic carbocycles. The van der Waals surface area contributed by atoms with Gasteiger partial charge in [0.05, 0.1) is 11.8 Å².